The molecule has 0 radical (unpaired) electrons. The van der Waals surface area contributed by atoms with Gasteiger partial charge in [0.15, 0.2) is 0 Å². The Morgan fingerprint density at radius 2 is 2.06 bits per heavy atom. The molecule has 3 N–H and O–H groups in total. The quantitative estimate of drug-likeness (QED) is 0.637. The third-order valence-corrected chi connectivity index (χ3v) is 3.18. The minimum Gasteiger partial charge on any atom is -0.465 e. The van der Waals surface area contributed by atoms with E-state index >= 15 is 0 Å². The summed E-state index contributed by atoms with van der Waals surface area (Å²) in [5.74, 6) is -0.215. The van der Waals surface area contributed by atoms with Crippen molar-refractivity contribution in [3.63, 3.8) is 0 Å². The molecule has 0 aliphatic carbocycles. The van der Waals surface area contributed by atoms with Crippen LogP contribution in [0.4, 0.5) is 4.79 Å². The molecule has 1 atom stereocenters. The molecule has 0 aromatic carbocycles. The molecule has 98 valence electrons. The standard InChI is InChI=1S/C10H17ClN2O4/c11-6-8(14)13-4-1-2-10(17,3-5-13)7-12-9(15)16/h12,17H,1-7H2,(H,15,16). The lowest BCUT2D eigenvalue weighted by molar-refractivity contribution is -0.128. The number of nitrogens with one attached hydrogen (secondary N) is 1. The van der Waals surface area contributed by atoms with Crippen molar-refractivity contribution in [3.8, 4) is 0 Å². The number of carbonyl (C=O) groups excluding carboxylic acids is 1. The van der Waals surface area contributed by atoms with Crippen LogP contribution in [0.3, 0.4) is 0 Å². The molecular formula is C10H17ClN2O4. The molecule has 6 nitrogen and oxygen atoms in total. The molecule has 0 saturated carbocycles. The van der Waals surface area contributed by atoms with Crippen LogP contribution >= 0.6 is 11.6 Å². The maximum atomic E-state index is 11.4. The number of rotatable bonds is 3. The van der Waals surface area contributed by atoms with Crippen molar-refractivity contribution in [1.82, 2.24) is 10.2 Å². The van der Waals surface area contributed by atoms with Crippen LogP contribution in [0.2, 0.25) is 0 Å². The van der Waals surface area contributed by atoms with E-state index in [0.29, 0.717) is 32.4 Å². The Morgan fingerprint density at radius 1 is 1.35 bits per heavy atom. The van der Waals surface area contributed by atoms with Crippen LogP contribution in [0.1, 0.15) is 19.3 Å². The van der Waals surface area contributed by atoms with E-state index < -0.39 is 11.7 Å². The monoisotopic (exact) mass is 264 g/mol. The maximum absolute atomic E-state index is 11.4. The van der Waals surface area contributed by atoms with Gasteiger partial charge < -0.3 is 20.4 Å². The zero-order valence-electron chi connectivity index (χ0n) is 9.49. The molecule has 7 heteroatoms. The van der Waals surface area contributed by atoms with E-state index in [9.17, 15) is 14.7 Å². The SMILES string of the molecule is O=C(O)NCC1(O)CCCN(C(=O)CCl)CC1. The minimum absolute atomic E-state index is 0.00869. The first-order valence-electron chi connectivity index (χ1n) is 5.50. The largest absolute Gasteiger partial charge is 0.465 e. The predicted octanol–water partition coefficient (Wildman–Crippen LogP) is 0.236. The fourth-order valence-corrected chi connectivity index (χ4v) is 2.10. The summed E-state index contributed by atoms with van der Waals surface area (Å²) in [6.07, 6.45) is 0.312. The lowest BCUT2D eigenvalue weighted by Crippen LogP contribution is -2.43. The summed E-state index contributed by atoms with van der Waals surface area (Å²) in [6.45, 7) is 0.954. The van der Waals surface area contributed by atoms with Crippen LogP contribution in [0.25, 0.3) is 0 Å². The van der Waals surface area contributed by atoms with Gasteiger partial charge in [-0.15, -0.1) is 11.6 Å². The van der Waals surface area contributed by atoms with Gasteiger partial charge in [0, 0.05) is 19.6 Å². The van der Waals surface area contributed by atoms with Crippen molar-refractivity contribution in [3.05, 3.63) is 0 Å². The number of amides is 2. The summed E-state index contributed by atoms with van der Waals surface area (Å²) in [6, 6.07) is 0. The van der Waals surface area contributed by atoms with Gasteiger partial charge in [-0.25, -0.2) is 4.79 Å². The van der Waals surface area contributed by atoms with E-state index in [-0.39, 0.29) is 18.3 Å². The van der Waals surface area contributed by atoms with Crippen molar-refractivity contribution in [2.45, 2.75) is 24.9 Å². The molecule has 0 aromatic heterocycles. The summed E-state index contributed by atoms with van der Waals surface area (Å²) in [5, 5.41) is 20.9. The lowest BCUT2D eigenvalue weighted by Gasteiger charge is -2.26. The van der Waals surface area contributed by atoms with Crippen molar-refractivity contribution < 1.29 is 19.8 Å². The second-order valence-electron chi connectivity index (χ2n) is 4.25. The van der Waals surface area contributed by atoms with Crippen molar-refractivity contribution >= 4 is 23.6 Å². The molecule has 0 spiro atoms. The molecule has 1 heterocycles. The second-order valence-corrected chi connectivity index (χ2v) is 4.52. The Kier molecular flexibility index (Phi) is 5.02. The van der Waals surface area contributed by atoms with Crippen LogP contribution < -0.4 is 5.32 Å². The lowest BCUT2D eigenvalue weighted by atomic mass is 9.95. The van der Waals surface area contributed by atoms with Crippen LogP contribution in [0, 0.1) is 0 Å². The van der Waals surface area contributed by atoms with Gasteiger partial charge in [0.25, 0.3) is 0 Å². The highest BCUT2D eigenvalue weighted by Crippen LogP contribution is 2.21. The highest BCUT2D eigenvalue weighted by molar-refractivity contribution is 6.27. The van der Waals surface area contributed by atoms with Gasteiger partial charge in [-0.05, 0) is 19.3 Å². The first-order valence-corrected chi connectivity index (χ1v) is 6.03. The molecule has 0 bridgehead atoms. The number of aliphatic hydroxyl groups is 1. The van der Waals surface area contributed by atoms with Crippen LogP contribution in [0.15, 0.2) is 0 Å². The molecule has 17 heavy (non-hydrogen) atoms. The van der Waals surface area contributed by atoms with Gasteiger partial charge in [0.05, 0.1) is 5.60 Å². The zero-order chi connectivity index (χ0) is 12.9. The molecule has 1 rings (SSSR count). The molecular weight excluding hydrogens is 248 g/mol. The smallest absolute Gasteiger partial charge is 0.404 e. The number of carbonyl (C=O) groups is 2. The van der Waals surface area contributed by atoms with Crippen LogP contribution in [0.5, 0.6) is 0 Å². The molecule has 2 amide bonds. The van der Waals surface area contributed by atoms with E-state index in [1.807, 2.05) is 0 Å². The second kappa shape index (κ2) is 6.07. The van der Waals surface area contributed by atoms with Gasteiger partial charge in [0.1, 0.15) is 5.88 Å². The van der Waals surface area contributed by atoms with E-state index in [2.05, 4.69) is 5.32 Å². The highest BCUT2D eigenvalue weighted by atomic mass is 35.5. The van der Waals surface area contributed by atoms with Gasteiger partial charge in [0.2, 0.25) is 5.91 Å². The molecule has 1 fully saturated rings. The maximum Gasteiger partial charge on any atom is 0.404 e. The number of hydrogen-bond acceptors (Lipinski definition) is 3. The van der Waals surface area contributed by atoms with Gasteiger partial charge in [-0.3, -0.25) is 4.79 Å². The van der Waals surface area contributed by atoms with Crippen molar-refractivity contribution in [1.29, 1.82) is 0 Å². The summed E-state index contributed by atoms with van der Waals surface area (Å²) < 4.78 is 0. The number of halogens is 1. The Morgan fingerprint density at radius 3 is 2.65 bits per heavy atom. The van der Waals surface area contributed by atoms with Crippen LogP contribution in [-0.4, -0.2) is 58.2 Å². The average molecular weight is 265 g/mol. The Balaban J connectivity index is 2.51. The molecule has 0 aromatic rings. The number of hydrogen-bond donors (Lipinski definition) is 3. The Labute approximate surface area is 105 Å². The highest BCUT2D eigenvalue weighted by Gasteiger charge is 2.31. The van der Waals surface area contributed by atoms with E-state index in [4.69, 9.17) is 16.7 Å². The fourth-order valence-electron chi connectivity index (χ4n) is 1.93. The normalized spacial score (nSPS) is 25.2. The summed E-state index contributed by atoms with van der Waals surface area (Å²) in [4.78, 5) is 23.4. The molecule has 1 unspecified atom stereocenters. The molecule has 1 aliphatic heterocycles. The molecule has 1 saturated heterocycles. The number of alkyl halides is 1. The predicted molar refractivity (Wildman–Crippen MR) is 62.1 cm³/mol. The topological polar surface area (TPSA) is 89.9 Å². The summed E-state index contributed by atoms with van der Waals surface area (Å²) in [5.41, 5.74) is -1.07. The first kappa shape index (κ1) is 14.1. The van der Waals surface area contributed by atoms with E-state index in [1.54, 1.807) is 4.90 Å². The third kappa shape index (κ3) is 4.40. The first-order chi connectivity index (χ1) is 7.97. The fraction of sp³-hybridized carbons (Fsp3) is 0.800. The van der Waals surface area contributed by atoms with E-state index in [0.717, 1.165) is 0 Å². The Bertz CT molecular complexity index is 300. The van der Waals surface area contributed by atoms with Gasteiger partial charge >= 0.3 is 6.09 Å². The number of carboxylic acid groups (broad SMARTS) is 1. The van der Waals surface area contributed by atoms with Crippen molar-refractivity contribution in [2.75, 3.05) is 25.5 Å². The Hall–Kier alpha value is -1.01. The number of nitrogens with zero attached hydrogens (tertiary/aromatic N) is 1. The number of likely N-dealkylation sites (tertiary alicyclic amines) is 1. The summed E-state index contributed by atoms with van der Waals surface area (Å²) >= 11 is 5.47. The van der Waals surface area contributed by atoms with Crippen molar-refractivity contribution in [2.24, 2.45) is 0 Å². The van der Waals surface area contributed by atoms with Gasteiger partial charge in [-0.1, -0.05) is 0 Å². The average Bonchev–Trinajstić information content (AvgIpc) is 2.49. The minimum atomic E-state index is -1.16. The summed E-state index contributed by atoms with van der Waals surface area (Å²) in [7, 11) is 0. The molecule has 1 aliphatic rings. The van der Waals surface area contributed by atoms with Gasteiger partial charge in [-0.2, -0.15) is 0 Å². The van der Waals surface area contributed by atoms with Crippen LogP contribution in [-0.2, 0) is 4.79 Å². The zero-order valence-corrected chi connectivity index (χ0v) is 10.2. The van der Waals surface area contributed by atoms with E-state index in [1.165, 1.54) is 0 Å². The third-order valence-electron chi connectivity index (χ3n) is 2.95.